The molecular formula is C25H27F2N3O3S. The SMILES string of the molecule is O=C(C[C@H]1CC[C@@H](C(=O)O)CC1)N1CCc2c(n(Cc3ccc(C(F)F)s3)c3ncccc23)C1. The summed E-state index contributed by atoms with van der Waals surface area (Å²) in [5.41, 5.74) is 3.02. The topological polar surface area (TPSA) is 75.4 Å². The van der Waals surface area contributed by atoms with Crippen molar-refractivity contribution in [1.29, 1.82) is 0 Å². The number of hydrogen-bond acceptors (Lipinski definition) is 4. The van der Waals surface area contributed by atoms with Crippen molar-refractivity contribution in [3.63, 3.8) is 0 Å². The highest BCUT2D eigenvalue weighted by molar-refractivity contribution is 7.12. The first kappa shape index (κ1) is 23.0. The number of rotatable bonds is 6. The standard InChI is InChI=1S/C25H27F2N3O3S/c26-23(27)21-8-7-17(34-21)13-30-20-14-29(11-9-18(20)19-2-1-10-28-24(19)30)22(31)12-15-3-5-16(6-4-15)25(32)33/h1-2,7-8,10,15-16,23H,3-6,9,11-14H2,(H,32,33)/t15-,16+. The highest BCUT2D eigenvalue weighted by Gasteiger charge is 2.31. The molecule has 3 aromatic rings. The van der Waals surface area contributed by atoms with Crippen molar-refractivity contribution in [3.05, 3.63) is 51.5 Å². The van der Waals surface area contributed by atoms with Gasteiger partial charge < -0.3 is 14.6 Å². The van der Waals surface area contributed by atoms with Crippen molar-refractivity contribution in [2.45, 2.75) is 58.0 Å². The summed E-state index contributed by atoms with van der Waals surface area (Å²) in [7, 11) is 0. The second-order valence-electron chi connectivity index (χ2n) is 9.32. The minimum Gasteiger partial charge on any atom is -0.481 e. The van der Waals surface area contributed by atoms with E-state index in [1.54, 1.807) is 12.3 Å². The van der Waals surface area contributed by atoms with Gasteiger partial charge in [-0.3, -0.25) is 9.59 Å². The normalized spacial score (nSPS) is 20.6. The molecule has 0 atom stereocenters. The third-order valence-corrected chi connectivity index (χ3v) is 8.31. The summed E-state index contributed by atoms with van der Waals surface area (Å²) in [5, 5.41) is 10.3. The van der Waals surface area contributed by atoms with E-state index in [1.807, 2.05) is 17.0 Å². The Kier molecular flexibility index (Phi) is 6.38. The quantitative estimate of drug-likeness (QED) is 0.515. The van der Waals surface area contributed by atoms with Gasteiger partial charge in [-0.2, -0.15) is 0 Å². The molecule has 9 heteroatoms. The Balaban J connectivity index is 1.35. The average Bonchev–Trinajstić information content (AvgIpc) is 3.43. The van der Waals surface area contributed by atoms with Gasteiger partial charge in [0.2, 0.25) is 5.91 Å². The zero-order chi connectivity index (χ0) is 23.8. The zero-order valence-corrected chi connectivity index (χ0v) is 19.6. The van der Waals surface area contributed by atoms with Crippen LogP contribution in [0.15, 0.2) is 30.5 Å². The number of carboxylic acids is 1. The van der Waals surface area contributed by atoms with Crippen LogP contribution >= 0.6 is 11.3 Å². The highest BCUT2D eigenvalue weighted by Crippen LogP contribution is 2.35. The fourth-order valence-electron chi connectivity index (χ4n) is 5.39. The Morgan fingerprint density at radius 1 is 1.18 bits per heavy atom. The van der Waals surface area contributed by atoms with E-state index in [0.29, 0.717) is 38.9 Å². The van der Waals surface area contributed by atoms with Crippen molar-refractivity contribution < 1.29 is 23.5 Å². The summed E-state index contributed by atoms with van der Waals surface area (Å²) in [4.78, 5) is 31.7. The fraction of sp³-hybridized carbons (Fsp3) is 0.480. The van der Waals surface area contributed by atoms with Gasteiger partial charge in [0.1, 0.15) is 5.65 Å². The van der Waals surface area contributed by atoms with Gasteiger partial charge in [0.25, 0.3) is 6.43 Å². The van der Waals surface area contributed by atoms with E-state index in [2.05, 4.69) is 9.55 Å². The number of thiophene rings is 1. The number of halogens is 2. The largest absolute Gasteiger partial charge is 0.481 e. The van der Waals surface area contributed by atoms with E-state index < -0.39 is 12.4 Å². The van der Waals surface area contributed by atoms with Gasteiger partial charge in [0.05, 0.1) is 23.9 Å². The van der Waals surface area contributed by atoms with E-state index in [9.17, 15) is 23.5 Å². The molecule has 180 valence electrons. The number of carbonyl (C=O) groups is 2. The summed E-state index contributed by atoms with van der Waals surface area (Å²) in [5.74, 6) is -0.683. The van der Waals surface area contributed by atoms with Crippen molar-refractivity contribution >= 4 is 34.2 Å². The van der Waals surface area contributed by atoms with Crippen LogP contribution in [0, 0.1) is 11.8 Å². The Bertz CT molecular complexity index is 1210. The first-order valence-electron chi connectivity index (χ1n) is 11.7. The predicted octanol–water partition coefficient (Wildman–Crippen LogP) is 5.25. The lowest BCUT2D eigenvalue weighted by Crippen LogP contribution is -2.38. The number of alkyl halides is 2. The number of fused-ring (bicyclic) bond motifs is 3. The molecule has 6 nitrogen and oxygen atoms in total. The second-order valence-corrected chi connectivity index (χ2v) is 10.5. The van der Waals surface area contributed by atoms with Crippen molar-refractivity contribution in [2.24, 2.45) is 11.8 Å². The number of amides is 1. The molecule has 0 bridgehead atoms. The number of pyridine rings is 1. The monoisotopic (exact) mass is 487 g/mol. The van der Waals surface area contributed by atoms with Gasteiger partial charge in [-0.05, 0) is 67.9 Å². The molecule has 1 amide bonds. The van der Waals surface area contributed by atoms with E-state index in [0.717, 1.165) is 52.2 Å². The number of nitrogens with zero attached hydrogens (tertiary/aromatic N) is 3. The predicted molar refractivity (Wildman–Crippen MR) is 125 cm³/mol. The van der Waals surface area contributed by atoms with Crippen molar-refractivity contribution in [3.8, 4) is 0 Å². The van der Waals surface area contributed by atoms with Crippen LogP contribution in [0.1, 0.15) is 59.5 Å². The second kappa shape index (κ2) is 9.44. The molecule has 2 aliphatic rings. The van der Waals surface area contributed by atoms with Crippen LogP contribution in [0.5, 0.6) is 0 Å². The molecule has 0 unspecified atom stereocenters. The van der Waals surface area contributed by atoms with Gasteiger partial charge in [0.15, 0.2) is 0 Å². The van der Waals surface area contributed by atoms with E-state index in [4.69, 9.17) is 0 Å². The van der Waals surface area contributed by atoms with Crippen molar-refractivity contribution in [1.82, 2.24) is 14.5 Å². The van der Waals surface area contributed by atoms with Crippen LogP contribution in [0.4, 0.5) is 8.78 Å². The molecule has 1 N–H and O–H groups in total. The maximum absolute atomic E-state index is 13.2. The molecule has 0 saturated heterocycles. The van der Waals surface area contributed by atoms with Crippen LogP contribution in [0.25, 0.3) is 11.0 Å². The average molecular weight is 488 g/mol. The van der Waals surface area contributed by atoms with Gasteiger partial charge in [0, 0.05) is 35.1 Å². The van der Waals surface area contributed by atoms with Crippen molar-refractivity contribution in [2.75, 3.05) is 6.54 Å². The maximum Gasteiger partial charge on any atom is 0.306 e. The van der Waals surface area contributed by atoms with Crippen LogP contribution < -0.4 is 0 Å². The molecular weight excluding hydrogens is 460 g/mol. The number of aromatic nitrogens is 2. The molecule has 5 rings (SSSR count). The lowest BCUT2D eigenvalue weighted by atomic mass is 9.80. The lowest BCUT2D eigenvalue weighted by molar-refractivity contribution is -0.143. The molecule has 1 fully saturated rings. The number of aliphatic carboxylic acids is 1. The van der Waals surface area contributed by atoms with Crippen LogP contribution in [0.3, 0.4) is 0 Å². The zero-order valence-electron chi connectivity index (χ0n) is 18.8. The summed E-state index contributed by atoms with van der Waals surface area (Å²) < 4.78 is 28.3. The van der Waals surface area contributed by atoms with Gasteiger partial charge in [-0.25, -0.2) is 13.8 Å². The first-order chi connectivity index (χ1) is 16.4. The summed E-state index contributed by atoms with van der Waals surface area (Å²) in [6.07, 6.45) is 3.26. The molecule has 3 aromatic heterocycles. The minimum atomic E-state index is -2.48. The van der Waals surface area contributed by atoms with Crippen LogP contribution in [-0.4, -0.2) is 38.0 Å². The van der Waals surface area contributed by atoms with Crippen LogP contribution in [0.2, 0.25) is 0 Å². The molecule has 1 aliphatic heterocycles. The summed E-state index contributed by atoms with van der Waals surface area (Å²) in [6.45, 7) is 1.56. The Morgan fingerprint density at radius 2 is 1.97 bits per heavy atom. The van der Waals surface area contributed by atoms with Gasteiger partial charge >= 0.3 is 5.97 Å². The third kappa shape index (κ3) is 4.45. The Hall–Kier alpha value is -2.81. The first-order valence-corrected chi connectivity index (χ1v) is 12.5. The smallest absolute Gasteiger partial charge is 0.306 e. The number of hydrogen-bond donors (Lipinski definition) is 1. The van der Waals surface area contributed by atoms with Crippen LogP contribution in [-0.2, 0) is 29.1 Å². The Labute approximate surface area is 200 Å². The van der Waals surface area contributed by atoms with Gasteiger partial charge in [-0.15, -0.1) is 11.3 Å². The molecule has 0 spiro atoms. The molecule has 1 aliphatic carbocycles. The Morgan fingerprint density at radius 3 is 2.68 bits per heavy atom. The maximum atomic E-state index is 13.2. The van der Waals surface area contributed by atoms with E-state index >= 15 is 0 Å². The minimum absolute atomic E-state index is 0.0581. The molecule has 4 heterocycles. The molecule has 0 radical (unpaired) electrons. The van der Waals surface area contributed by atoms with E-state index in [1.165, 1.54) is 11.6 Å². The molecule has 0 aromatic carbocycles. The fourth-order valence-corrected chi connectivity index (χ4v) is 6.24. The number of carbonyl (C=O) groups excluding carboxylic acids is 1. The third-order valence-electron chi connectivity index (χ3n) is 7.24. The lowest BCUT2D eigenvalue weighted by Gasteiger charge is -2.31. The molecule has 1 saturated carbocycles. The summed E-state index contributed by atoms with van der Waals surface area (Å²) >= 11 is 1.11. The number of carboxylic acid groups (broad SMARTS) is 1. The van der Waals surface area contributed by atoms with E-state index in [-0.39, 0.29) is 22.6 Å². The molecule has 34 heavy (non-hydrogen) atoms. The summed E-state index contributed by atoms with van der Waals surface area (Å²) in [6, 6.07) is 7.16. The highest BCUT2D eigenvalue weighted by atomic mass is 32.1. The van der Waals surface area contributed by atoms with Gasteiger partial charge in [-0.1, -0.05) is 0 Å².